The van der Waals surface area contributed by atoms with E-state index in [1.54, 1.807) is 0 Å². The van der Waals surface area contributed by atoms with E-state index in [0.717, 1.165) is 34.9 Å². The summed E-state index contributed by atoms with van der Waals surface area (Å²) in [5, 5.41) is 4.74. The molecule has 0 bridgehead atoms. The zero-order valence-corrected chi connectivity index (χ0v) is 16.8. The van der Waals surface area contributed by atoms with E-state index in [1.165, 1.54) is 6.04 Å². The number of ether oxygens (including phenoxy) is 1. The maximum absolute atomic E-state index is 5.88. The van der Waals surface area contributed by atoms with Crippen molar-refractivity contribution in [3.8, 4) is 11.1 Å². The fourth-order valence-electron chi connectivity index (χ4n) is 2.49. The van der Waals surface area contributed by atoms with Gasteiger partial charge in [0.05, 0.1) is 0 Å². The van der Waals surface area contributed by atoms with Gasteiger partial charge in [-0.15, -0.1) is 0 Å². The van der Waals surface area contributed by atoms with Crippen LogP contribution in [0.15, 0.2) is 24.3 Å². The van der Waals surface area contributed by atoms with Gasteiger partial charge in [0.1, 0.15) is 6.73 Å². The van der Waals surface area contributed by atoms with Gasteiger partial charge < -0.3 is 15.4 Å². The number of benzene rings is 1. The van der Waals surface area contributed by atoms with Gasteiger partial charge in [-0.25, -0.2) is 4.68 Å². The maximum atomic E-state index is 5.88. The molecule has 0 aliphatic carbocycles. The van der Waals surface area contributed by atoms with Crippen LogP contribution in [-0.4, -0.2) is 38.6 Å². The van der Waals surface area contributed by atoms with Crippen molar-refractivity contribution in [2.75, 3.05) is 31.3 Å². The van der Waals surface area contributed by atoms with Gasteiger partial charge in [-0.2, -0.15) is 5.10 Å². The SMILES string of the molecule is Cc1c(-c2ccc(N)cc2)c(N(C)C)nn1COCC[Si](C)(C)C. The summed E-state index contributed by atoms with van der Waals surface area (Å²) < 4.78 is 7.83. The Kier molecular flexibility index (Phi) is 5.72. The Morgan fingerprint density at radius 2 is 1.79 bits per heavy atom. The Morgan fingerprint density at radius 1 is 1.17 bits per heavy atom. The molecule has 0 saturated carbocycles. The van der Waals surface area contributed by atoms with Crippen LogP contribution in [0, 0.1) is 6.92 Å². The predicted octanol–water partition coefficient (Wildman–Crippen LogP) is 3.82. The summed E-state index contributed by atoms with van der Waals surface area (Å²) in [6.45, 7) is 10.5. The Hall–Kier alpha value is -1.79. The van der Waals surface area contributed by atoms with E-state index in [0.29, 0.717) is 6.73 Å². The smallest absolute Gasteiger partial charge is 0.158 e. The van der Waals surface area contributed by atoms with E-state index in [2.05, 4.69) is 26.6 Å². The van der Waals surface area contributed by atoms with Crippen molar-refractivity contribution in [1.29, 1.82) is 0 Å². The number of aromatic nitrogens is 2. The summed E-state index contributed by atoms with van der Waals surface area (Å²) in [5.41, 5.74) is 9.95. The molecule has 0 amide bonds. The molecule has 2 N–H and O–H groups in total. The van der Waals surface area contributed by atoms with Crippen LogP contribution < -0.4 is 10.6 Å². The molecule has 0 unspecified atom stereocenters. The first-order chi connectivity index (χ1) is 11.2. The van der Waals surface area contributed by atoms with Crippen LogP contribution in [0.2, 0.25) is 25.7 Å². The fourth-order valence-corrected chi connectivity index (χ4v) is 3.24. The molecule has 0 atom stereocenters. The lowest BCUT2D eigenvalue weighted by molar-refractivity contribution is 0.0773. The summed E-state index contributed by atoms with van der Waals surface area (Å²) in [7, 11) is 2.96. The Balaban J connectivity index is 2.22. The highest BCUT2D eigenvalue weighted by Crippen LogP contribution is 2.33. The molecule has 6 heteroatoms. The highest BCUT2D eigenvalue weighted by atomic mass is 28.3. The predicted molar refractivity (Wildman–Crippen MR) is 105 cm³/mol. The summed E-state index contributed by atoms with van der Waals surface area (Å²) in [6.07, 6.45) is 0. The molecule has 5 nitrogen and oxygen atoms in total. The zero-order valence-electron chi connectivity index (χ0n) is 15.8. The number of anilines is 2. The van der Waals surface area contributed by atoms with Gasteiger partial charge in [0.2, 0.25) is 0 Å². The molecule has 1 heterocycles. The quantitative estimate of drug-likeness (QED) is 0.470. The third-order valence-corrected chi connectivity index (χ3v) is 5.73. The lowest BCUT2D eigenvalue weighted by atomic mass is 10.1. The standard InChI is InChI=1S/C18H30N4OSi/c1-14-17(15-7-9-16(19)10-8-15)18(21(2)3)20-22(14)13-23-11-12-24(4,5)6/h7-10H,11-13,19H2,1-6H3. The fraction of sp³-hybridized carbons (Fsp3) is 0.500. The highest BCUT2D eigenvalue weighted by molar-refractivity contribution is 6.76. The van der Waals surface area contributed by atoms with Crippen LogP contribution in [0.5, 0.6) is 0 Å². The highest BCUT2D eigenvalue weighted by Gasteiger charge is 2.18. The van der Waals surface area contributed by atoms with Crippen molar-refractivity contribution in [3.63, 3.8) is 0 Å². The van der Waals surface area contributed by atoms with Crippen molar-refractivity contribution < 1.29 is 4.74 Å². The molecular formula is C18H30N4OSi. The second-order valence-corrected chi connectivity index (χ2v) is 13.3. The molecule has 1 aromatic heterocycles. The van der Waals surface area contributed by atoms with Crippen molar-refractivity contribution in [3.05, 3.63) is 30.0 Å². The van der Waals surface area contributed by atoms with Gasteiger partial charge in [0, 0.05) is 45.7 Å². The molecule has 0 radical (unpaired) electrons. The lowest BCUT2D eigenvalue weighted by Gasteiger charge is -2.15. The third-order valence-electron chi connectivity index (χ3n) is 4.02. The van der Waals surface area contributed by atoms with Crippen LogP contribution in [-0.2, 0) is 11.5 Å². The molecule has 1 aromatic carbocycles. The minimum atomic E-state index is -1.07. The number of nitrogens with two attached hydrogens (primary N) is 1. The average Bonchev–Trinajstić information content (AvgIpc) is 2.81. The lowest BCUT2D eigenvalue weighted by Crippen LogP contribution is -2.22. The van der Waals surface area contributed by atoms with Gasteiger partial charge in [0.25, 0.3) is 0 Å². The first-order valence-electron chi connectivity index (χ1n) is 8.37. The minimum absolute atomic E-state index is 0.492. The number of nitrogen functional groups attached to an aromatic ring is 1. The molecule has 0 aliphatic rings. The van der Waals surface area contributed by atoms with Gasteiger partial charge in [-0.05, 0) is 30.7 Å². The molecule has 132 valence electrons. The summed E-state index contributed by atoms with van der Waals surface area (Å²) in [5.74, 6) is 0.950. The van der Waals surface area contributed by atoms with Crippen LogP contribution in [0.1, 0.15) is 5.69 Å². The Bertz CT molecular complexity index is 672. The number of hydrogen-bond acceptors (Lipinski definition) is 4. The van der Waals surface area contributed by atoms with Crippen LogP contribution >= 0.6 is 0 Å². The van der Waals surface area contributed by atoms with E-state index in [4.69, 9.17) is 15.6 Å². The molecule has 0 spiro atoms. The van der Waals surface area contributed by atoms with Gasteiger partial charge in [-0.1, -0.05) is 31.8 Å². The second-order valence-electron chi connectivity index (χ2n) is 7.65. The van der Waals surface area contributed by atoms with E-state index in [-0.39, 0.29) is 0 Å². The number of hydrogen-bond donors (Lipinski definition) is 1. The van der Waals surface area contributed by atoms with Crippen molar-refractivity contribution in [1.82, 2.24) is 9.78 Å². The number of rotatable bonds is 7. The van der Waals surface area contributed by atoms with Crippen molar-refractivity contribution >= 4 is 19.6 Å². The monoisotopic (exact) mass is 346 g/mol. The molecular weight excluding hydrogens is 316 g/mol. The molecule has 24 heavy (non-hydrogen) atoms. The molecule has 0 aliphatic heterocycles. The summed E-state index contributed by atoms with van der Waals surface area (Å²) in [6, 6.07) is 9.11. The minimum Gasteiger partial charge on any atom is -0.399 e. The van der Waals surface area contributed by atoms with Crippen molar-refractivity contribution in [2.24, 2.45) is 0 Å². The largest absolute Gasteiger partial charge is 0.399 e. The first-order valence-corrected chi connectivity index (χ1v) is 12.1. The van der Waals surface area contributed by atoms with E-state index in [9.17, 15) is 0 Å². The zero-order chi connectivity index (χ0) is 17.9. The molecule has 0 fully saturated rings. The first kappa shape index (κ1) is 18.5. The summed E-state index contributed by atoms with van der Waals surface area (Å²) in [4.78, 5) is 2.04. The van der Waals surface area contributed by atoms with Crippen LogP contribution in [0.3, 0.4) is 0 Å². The third kappa shape index (κ3) is 4.61. The molecule has 0 saturated heterocycles. The van der Waals surface area contributed by atoms with Crippen LogP contribution in [0.4, 0.5) is 11.5 Å². The number of nitrogens with zero attached hydrogens (tertiary/aromatic N) is 3. The van der Waals surface area contributed by atoms with Crippen LogP contribution in [0.25, 0.3) is 11.1 Å². The van der Waals surface area contributed by atoms with Gasteiger partial charge >= 0.3 is 0 Å². The van der Waals surface area contributed by atoms with Crippen molar-refractivity contribution in [2.45, 2.75) is 39.3 Å². The summed E-state index contributed by atoms with van der Waals surface area (Å²) >= 11 is 0. The second kappa shape index (κ2) is 7.40. The van der Waals surface area contributed by atoms with E-state index >= 15 is 0 Å². The Morgan fingerprint density at radius 3 is 2.33 bits per heavy atom. The Labute approximate surface area is 146 Å². The van der Waals surface area contributed by atoms with E-state index < -0.39 is 8.07 Å². The maximum Gasteiger partial charge on any atom is 0.158 e. The van der Waals surface area contributed by atoms with E-state index in [1.807, 2.05) is 47.9 Å². The van der Waals surface area contributed by atoms with Gasteiger partial charge in [-0.3, -0.25) is 0 Å². The molecule has 2 aromatic rings. The topological polar surface area (TPSA) is 56.3 Å². The van der Waals surface area contributed by atoms with Gasteiger partial charge in [0.15, 0.2) is 5.82 Å². The normalized spacial score (nSPS) is 11.8. The average molecular weight is 347 g/mol. The molecule has 2 rings (SSSR count).